The topological polar surface area (TPSA) is 61.9 Å². The number of likely N-dealkylation sites (tertiary alicyclic amines) is 1. The van der Waals surface area contributed by atoms with Crippen molar-refractivity contribution in [1.82, 2.24) is 10.2 Å². The van der Waals surface area contributed by atoms with Crippen molar-refractivity contribution in [3.05, 3.63) is 59.7 Å². The molecule has 0 radical (unpaired) electrons. The molecule has 2 aliphatic heterocycles. The number of rotatable bonds is 8. The Kier molecular flexibility index (Phi) is 6.87. The summed E-state index contributed by atoms with van der Waals surface area (Å²) in [5.74, 6) is 0.203. The van der Waals surface area contributed by atoms with Crippen molar-refractivity contribution in [3.63, 3.8) is 0 Å². The highest BCUT2D eigenvalue weighted by molar-refractivity contribution is 6.01. The molecule has 0 spiro atoms. The van der Waals surface area contributed by atoms with Crippen molar-refractivity contribution in [3.8, 4) is 5.75 Å². The SMILES string of the molecule is CCOc1ccccc1N1CC(C(=O)NCc2ccc(CN3CCCC3)cc2)CC1=O. The zero-order valence-corrected chi connectivity index (χ0v) is 18.2. The third kappa shape index (κ3) is 5.25. The lowest BCUT2D eigenvalue weighted by Gasteiger charge is -2.20. The van der Waals surface area contributed by atoms with Crippen LogP contribution in [-0.4, -0.2) is 43.0 Å². The molecule has 6 nitrogen and oxygen atoms in total. The number of benzene rings is 2. The maximum Gasteiger partial charge on any atom is 0.227 e. The number of amides is 2. The molecule has 1 atom stereocenters. The van der Waals surface area contributed by atoms with Crippen LogP contribution in [0.4, 0.5) is 5.69 Å². The molecule has 2 aromatic carbocycles. The predicted octanol–water partition coefficient (Wildman–Crippen LogP) is 3.35. The summed E-state index contributed by atoms with van der Waals surface area (Å²) < 4.78 is 5.65. The van der Waals surface area contributed by atoms with Crippen LogP contribution in [-0.2, 0) is 22.7 Å². The third-order valence-electron chi connectivity index (χ3n) is 6.05. The van der Waals surface area contributed by atoms with Crippen LogP contribution in [0.3, 0.4) is 0 Å². The quantitative estimate of drug-likeness (QED) is 0.710. The van der Waals surface area contributed by atoms with Gasteiger partial charge < -0.3 is 15.0 Å². The van der Waals surface area contributed by atoms with Gasteiger partial charge in [0.1, 0.15) is 5.75 Å². The van der Waals surface area contributed by atoms with Crippen molar-refractivity contribution in [2.75, 3.05) is 31.1 Å². The van der Waals surface area contributed by atoms with Gasteiger partial charge in [0.2, 0.25) is 11.8 Å². The van der Waals surface area contributed by atoms with Crippen LogP contribution in [0.15, 0.2) is 48.5 Å². The molecule has 0 bridgehead atoms. The van der Waals surface area contributed by atoms with Crippen LogP contribution in [0.25, 0.3) is 0 Å². The first kappa shape index (κ1) is 21.4. The number of anilines is 1. The highest BCUT2D eigenvalue weighted by Gasteiger charge is 2.36. The van der Waals surface area contributed by atoms with Gasteiger partial charge in [-0.1, -0.05) is 36.4 Å². The average Bonchev–Trinajstić information content (AvgIpc) is 3.43. The van der Waals surface area contributed by atoms with E-state index in [0.29, 0.717) is 25.4 Å². The fourth-order valence-electron chi connectivity index (χ4n) is 4.37. The van der Waals surface area contributed by atoms with E-state index in [1.807, 2.05) is 31.2 Å². The third-order valence-corrected chi connectivity index (χ3v) is 6.05. The Labute approximate surface area is 184 Å². The zero-order valence-electron chi connectivity index (χ0n) is 18.2. The smallest absolute Gasteiger partial charge is 0.227 e. The maximum atomic E-state index is 12.7. The fourth-order valence-corrected chi connectivity index (χ4v) is 4.37. The van der Waals surface area contributed by atoms with E-state index in [1.165, 1.54) is 31.5 Å². The molecule has 1 N–H and O–H groups in total. The molecule has 6 heteroatoms. The molecular weight excluding hydrogens is 390 g/mol. The molecule has 31 heavy (non-hydrogen) atoms. The summed E-state index contributed by atoms with van der Waals surface area (Å²) in [6.45, 7) is 6.66. The summed E-state index contributed by atoms with van der Waals surface area (Å²) in [7, 11) is 0. The van der Waals surface area contributed by atoms with Gasteiger partial charge in [0.15, 0.2) is 0 Å². The van der Waals surface area contributed by atoms with E-state index < -0.39 is 0 Å². The van der Waals surface area contributed by atoms with E-state index in [0.717, 1.165) is 17.8 Å². The Morgan fingerprint density at radius 1 is 1.06 bits per heavy atom. The van der Waals surface area contributed by atoms with Crippen LogP contribution in [0.5, 0.6) is 5.75 Å². The first-order valence-corrected chi connectivity index (χ1v) is 11.2. The van der Waals surface area contributed by atoms with Gasteiger partial charge in [0.05, 0.1) is 18.2 Å². The van der Waals surface area contributed by atoms with Crippen LogP contribution in [0.1, 0.15) is 37.3 Å². The van der Waals surface area contributed by atoms with Gasteiger partial charge in [-0.2, -0.15) is 0 Å². The van der Waals surface area contributed by atoms with E-state index in [1.54, 1.807) is 4.90 Å². The Hall–Kier alpha value is -2.86. The lowest BCUT2D eigenvalue weighted by atomic mass is 10.1. The molecular formula is C25H31N3O3. The number of hydrogen-bond acceptors (Lipinski definition) is 4. The molecule has 0 aromatic heterocycles. The van der Waals surface area contributed by atoms with Crippen molar-refractivity contribution in [2.24, 2.45) is 5.92 Å². The van der Waals surface area contributed by atoms with Crippen LogP contribution >= 0.6 is 0 Å². The van der Waals surface area contributed by atoms with Gasteiger partial charge in [-0.15, -0.1) is 0 Å². The molecule has 4 rings (SSSR count). The van der Waals surface area contributed by atoms with Gasteiger partial charge in [-0.05, 0) is 56.1 Å². The number of carbonyl (C=O) groups is 2. The maximum absolute atomic E-state index is 12.7. The van der Waals surface area contributed by atoms with Gasteiger partial charge >= 0.3 is 0 Å². The molecule has 0 saturated carbocycles. The standard InChI is InChI=1S/C25H31N3O3/c1-2-31-23-8-4-3-7-22(23)28-18-21(15-24(28)29)25(30)26-16-19-9-11-20(12-10-19)17-27-13-5-6-14-27/h3-4,7-12,21H,2,5-6,13-18H2,1H3,(H,26,30). The Morgan fingerprint density at radius 3 is 2.52 bits per heavy atom. The zero-order chi connectivity index (χ0) is 21.6. The number of carbonyl (C=O) groups excluding carboxylic acids is 2. The second-order valence-electron chi connectivity index (χ2n) is 8.32. The minimum atomic E-state index is -0.350. The number of para-hydroxylation sites is 2. The molecule has 2 aromatic rings. The van der Waals surface area contributed by atoms with Crippen LogP contribution < -0.4 is 15.0 Å². The highest BCUT2D eigenvalue weighted by Crippen LogP contribution is 2.33. The second kappa shape index (κ2) is 9.96. The summed E-state index contributed by atoms with van der Waals surface area (Å²) in [4.78, 5) is 29.5. The lowest BCUT2D eigenvalue weighted by molar-refractivity contribution is -0.126. The molecule has 2 saturated heterocycles. The largest absolute Gasteiger partial charge is 0.492 e. The van der Waals surface area contributed by atoms with E-state index in [4.69, 9.17) is 4.74 Å². The van der Waals surface area contributed by atoms with Crippen LogP contribution in [0.2, 0.25) is 0 Å². The summed E-state index contributed by atoms with van der Waals surface area (Å²) in [6, 6.07) is 15.9. The number of nitrogens with one attached hydrogen (secondary N) is 1. The first-order valence-electron chi connectivity index (χ1n) is 11.2. The highest BCUT2D eigenvalue weighted by atomic mass is 16.5. The van der Waals surface area contributed by atoms with Crippen molar-refractivity contribution < 1.29 is 14.3 Å². The molecule has 2 aliphatic rings. The molecule has 0 aliphatic carbocycles. The number of hydrogen-bond donors (Lipinski definition) is 1. The minimum Gasteiger partial charge on any atom is -0.492 e. The van der Waals surface area contributed by atoms with E-state index in [2.05, 4.69) is 34.5 Å². The number of ether oxygens (including phenoxy) is 1. The summed E-state index contributed by atoms with van der Waals surface area (Å²) >= 11 is 0. The molecule has 164 valence electrons. The van der Waals surface area contributed by atoms with Crippen LogP contribution in [0, 0.1) is 5.92 Å². The Bertz CT molecular complexity index is 906. The van der Waals surface area contributed by atoms with Gasteiger partial charge in [-0.3, -0.25) is 14.5 Å². The van der Waals surface area contributed by atoms with Crippen molar-refractivity contribution >= 4 is 17.5 Å². The Balaban J connectivity index is 1.31. The molecule has 2 heterocycles. The Morgan fingerprint density at radius 2 is 1.77 bits per heavy atom. The van der Waals surface area contributed by atoms with Gasteiger partial charge in [-0.25, -0.2) is 0 Å². The summed E-state index contributed by atoms with van der Waals surface area (Å²) in [6.07, 6.45) is 2.81. The van der Waals surface area contributed by atoms with Crippen molar-refractivity contribution in [2.45, 2.75) is 39.3 Å². The lowest BCUT2D eigenvalue weighted by Crippen LogP contribution is -2.32. The van der Waals surface area contributed by atoms with Gasteiger partial charge in [0, 0.05) is 26.1 Å². The molecule has 2 fully saturated rings. The predicted molar refractivity (Wildman–Crippen MR) is 121 cm³/mol. The average molecular weight is 422 g/mol. The summed E-state index contributed by atoms with van der Waals surface area (Å²) in [5, 5.41) is 3.01. The van der Waals surface area contributed by atoms with E-state index in [-0.39, 0.29) is 24.2 Å². The van der Waals surface area contributed by atoms with Crippen molar-refractivity contribution in [1.29, 1.82) is 0 Å². The summed E-state index contributed by atoms with van der Waals surface area (Å²) in [5.41, 5.74) is 3.11. The van der Waals surface area contributed by atoms with E-state index >= 15 is 0 Å². The normalized spacial score (nSPS) is 19.1. The molecule has 2 amide bonds. The monoisotopic (exact) mass is 421 g/mol. The molecule has 1 unspecified atom stereocenters. The van der Waals surface area contributed by atoms with Gasteiger partial charge in [0.25, 0.3) is 0 Å². The fraction of sp³-hybridized carbons (Fsp3) is 0.440. The minimum absolute atomic E-state index is 0.0430. The first-order chi connectivity index (χ1) is 15.1. The second-order valence-corrected chi connectivity index (χ2v) is 8.32. The number of nitrogens with zero attached hydrogens (tertiary/aromatic N) is 2. The van der Waals surface area contributed by atoms with E-state index in [9.17, 15) is 9.59 Å².